The number of hydrogen-bond acceptors (Lipinski definition) is 6. The molecule has 4 N–H and O–H groups in total. The lowest BCUT2D eigenvalue weighted by atomic mass is 9.79. The Balaban J connectivity index is 1.39. The van der Waals surface area contributed by atoms with Gasteiger partial charge >= 0.3 is 12.1 Å². The Labute approximate surface area is 154 Å². The van der Waals surface area contributed by atoms with Crippen molar-refractivity contribution in [2.75, 3.05) is 13.2 Å². The van der Waals surface area contributed by atoms with Crippen LogP contribution in [-0.4, -0.2) is 58.3 Å². The molecule has 142 valence electrons. The van der Waals surface area contributed by atoms with Crippen molar-refractivity contribution < 1.29 is 29.3 Å². The molecular weight excluding hydrogens is 354 g/mol. The molecule has 27 heavy (non-hydrogen) atoms. The fourth-order valence-corrected chi connectivity index (χ4v) is 4.01. The lowest BCUT2D eigenvalue weighted by Crippen LogP contribution is -2.68. The number of phenols is 1. The van der Waals surface area contributed by atoms with Crippen LogP contribution in [0.5, 0.6) is 5.75 Å². The van der Waals surface area contributed by atoms with Crippen LogP contribution in [-0.2, 0) is 20.9 Å². The first kappa shape index (κ1) is 17.3. The van der Waals surface area contributed by atoms with Crippen LogP contribution in [0.1, 0.15) is 12.0 Å². The molecule has 0 spiro atoms. The van der Waals surface area contributed by atoms with Crippen molar-refractivity contribution in [3.63, 3.8) is 0 Å². The van der Waals surface area contributed by atoms with Gasteiger partial charge in [0.1, 0.15) is 24.1 Å². The lowest BCUT2D eigenvalue weighted by molar-refractivity contribution is -0.153. The number of rotatable bonds is 5. The van der Waals surface area contributed by atoms with E-state index in [2.05, 4.69) is 10.6 Å². The maximum atomic E-state index is 12.2. The summed E-state index contributed by atoms with van der Waals surface area (Å²) in [5, 5.41) is 24.5. The highest BCUT2D eigenvalue weighted by Gasteiger charge is 2.59. The van der Waals surface area contributed by atoms with Gasteiger partial charge < -0.3 is 25.6 Å². The number of aliphatic carboxylic acids is 1. The smallest absolute Gasteiger partial charge is 0.407 e. The van der Waals surface area contributed by atoms with Gasteiger partial charge in [0.15, 0.2) is 0 Å². The highest BCUT2D eigenvalue weighted by atomic mass is 16.5. The fourth-order valence-electron chi connectivity index (χ4n) is 4.01. The number of alkyl carbamates (subject to hydrolysis) is 1. The summed E-state index contributed by atoms with van der Waals surface area (Å²) in [5.74, 6) is -1.16. The summed E-state index contributed by atoms with van der Waals surface area (Å²) in [4.78, 5) is 37.1. The molecule has 0 aliphatic carbocycles. The number of carbonyl (C=O) groups excluding carboxylic acids is 2. The van der Waals surface area contributed by atoms with Crippen molar-refractivity contribution in [3.8, 4) is 5.75 Å². The number of benzene rings is 1. The second-order valence-electron chi connectivity index (χ2n) is 6.90. The van der Waals surface area contributed by atoms with E-state index < -0.39 is 12.1 Å². The number of phenolic OH excluding ortho intramolecular Hbond substituents is 1. The number of carboxylic acid groups (broad SMARTS) is 1. The Morgan fingerprint density at radius 3 is 2.74 bits per heavy atom. The van der Waals surface area contributed by atoms with E-state index in [0.717, 1.165) is 5.56 Å². The highest BCUT2D eigenvalue weighted by molar-refractivity contribution is 6.00. The number of nitrogens with zero attached hydrogens (tertiary/aromatic N) is 1. The van der Waals surface area contributed by atoms with E-state index in [1.165, 1.54) is 17.0 Å². The van der Waals surface area contributed by atoms with Gasteiger partial charge in [-0.2, -0.15) is 0 Å². The van der Waals surface area contributed by atoms with E-state index in [4.69, 9.17) is 4.74 Å². The molecule has 9 nitrogen and oxygen atoms in total. The Kier molecular flexibility index (Phi) is 4.23. The highest BCUT2D eigenvalue weighted by Crippen LogP contribution is 2.43. The van der Waals surface area contributed by atoms with Crippen molar-refractivity contribution in [1.82, 2.24) is 15.5 Å². The minimum atomic E-state index is -1.18. The van der Waals surface area contributed by atoms with Crippen LogP contribution in [0.3, 0.4) is 0 Å². The number of carbonyl (C=O) groups is 3. The third-order valence-electron chi connectivity index (χ3n) is 5.26. The number of amides is 2. The molecule has 0 saturated carbocycles. The molecule has 1 aromatic carbocycles. The number of nitrogens with one attached hydrogen (secondary N) is 2. The lowest BCUT2D eigenvalue weighted by Gasteiger charge is -2.48. The number of ether oxygens (including phenoxy) is 1. The molecule has 3 aliphatic heterocycles. The minimum absolute atomic E-state index is 0.0625. The average Bonchev–Trinajstić information content (AvgIpc) is 3.05. The Hall–Kier alpha value is -3.07. The van der Waals surface area contributed by atoms with Crippen molar-refractivity contribution in [2.45, 2.75) is 25.0 Å². The van der Waals surface area contributed by atoms with E-state index in [1.54, 1.807) is 12.1 Å². The SMILES string of the molecule is O=C(NCc1ccc(O)cc1)OCC1=C(C(=O)O)N2C(=O)[C@H]3NC[C@@H](C1)[C@H]32. The Morgan fingerprint density at radius 2 is 2.04 bits per heavy atom. The van der Waals surface area contributed by atoms with Crippen LogP contribution in [0.25, 0.3) is 0 Å². The van der Waals surface area contributed by atoms with Crippen LogP contribution in [0.15, 0.2) is 35.5 Å². The van der Waals surface area contributed by atoms with E-state index >= 15 is 0 Å². The summed E-state index contributed by atoms with van der Waals surface area (Å²) >= 11 is 0. The zero-order valence-electron chi connectivity index (χ0n) is 14.3. The first-order valence-electron chi connectivity index (χ1n) is 8.66. The van der Waals surface area contributed by atoms with Gasteiger partial charge in [-0.25, -0.2) is 9.59 Å². The van der Waals surface area contributed by atoms with Crippen molar-refractivity contribution in [3.05, 3.63) is 41.1 Å². The number of hydrogen-bond donors (Lipinski definition) is 4. The summed E-state index contributed by atoms with van der Waals surface area (Å²) in [6.07, 6.45) is -0.204. The van der Waals surface area contributed by atoms with Crippen LogP contribution in [0.2, 0.25) is 0 Å². The van der Waals surface area contributed by atoms with Gasteiger partial charge in [-0.05, 0) is 35.6 Å². The van der Waals surface area contributed by atoms with Crippen LogP contribution >= 0.6 is 0 Å². The fraction of sp³-hybridized carbons (Fsp3) is 0.389. The molecule has 0 aromatic heterocycles. The van der Waals surface area contributed by atoms with Crippen molar-refractivity contribution >= 4 is 18.0 Å². The zero-order chi connectivity index (χ0) is 19.1. The molecule has 2 saturated heterocycles. The number of carboxylic acids is 1. The predicted octanol–water partition coefficient (Wildman–Crippen LogP) is 0.160. The van der Waals surface area contributed by atoms with Crippen molar-refractivity contribution in [1.29, 1.82) is 0 Å². The Bertz CT molecular complexity index is 834. The molecule has 3 heterocycles. The van der Waals surface area contributed by atoms with Gasteiger partial charge in [0, 0.05) is 13.1 Å². The number of aromatic hydroxyl groups is 1. The molecule has 2 fully saturated rings. The van der Waals surface area contributed by atoms with Gasteiger partial charge in [-0.15, -0.1) is 0 Å². The van der Waals surface area contributed by atoms with E-state index in [0.29, 0.717) is 18.5 Å². The molecular formula is C18H19N3O6. The first-order chi connectivity index (χ1) is 13.0. The first-order valence-corrected chi connectivity index (χ1v) is 8.66. The normalized spacial score (nSPS) is 25.7. The third kappa shape index (κ3) is 2.99. The summed E-state index contributed by atoms with van der Waals surface area (Å²) in [6, 6.07) is 5.95. The summed E-state index contributed by atoms with van der Waals surface area (Å²) in [5.41, 5.74) is 1.16. The monoisotopic (exact) mass is 373 g/mol. The molecule has 0 radical (unpaired) electrons. The largest absolute Gasteiger partial charge is 0.508 e. The van der Waals surface area contributed by atoms with Crippen LogP contribution in [0, 0.1) is 5.92 Å². The summed E-state index contributed by atoms with van der Waals surface area (Å²) in [7, 11) is 0. The molecule has 4 rings (SSSR count). The minimum Gasteiger partial charge on any atom is -0.508 e. The molecule has 3 atom stereocenters. The average molecular weight is 373 g/mol. The summed E-state index contributed by atoms with van der Waals surface area (Å²) < 4.78 is 5.18. The predicted molar refractivity (Wildman–Crippen MR) is 91.5 cm³/mol. The standard InChI is InChI=1S/C18H19N3O6/c22-12-3-1-9(2-4-12)6-20-18(26)27-8-11-5-10-7-19-13-14(10)21(16(13)23)15(11)17(24)25/h1-4,10,13-14,19,22H,5-8H2,(H,20,26)(H,24,25)/t10-,13+,14-/m1/s1. The van der Waals surface area contributed by atoms with Gasteiger partial charge in [0.25, 0.3) is 0 Å². The maximum Gasteiger partial charge on any atom is 0.407 e. The van der Waals surface area contributed by atoms with Crippen molar-refractivity contribution in [2.24, 2.45) is 5.92 Å². The second-order valence-corrected chi connectivity index (χ2v) is 6.90. The molecule has 0 bridgehead atoms. The molecule has 1 aromatic rings. The van der Waals surface area contributed by atoms with Crippen LogP contribution in [0.4, 0.5) is 4.79 Å². The van der Waals surface area contributed by atoms with Gasteiger partial charge in [-0.1, -0.05) is 12.1 Å². The van der Waals surface area contributed by atoms with E-state index in [9.17, 15) is 24.6 Å². The Morgan fingerprint density at radius 1 is 1.30 bits per heavy atom. The molecule has 3 aliphatic rings. The summed E-state index contributed by atoms with van der Waals surface area (Å²) in [6.45, 7) is 0.673. The third-order valence-corrected chi connectivity index (χ3v) is 5.26. The zero-order valence-corrected chi connectivity index (χ0v) is 14.3. The van der Waals surface area contributed by atoms with E-state index in [-0.39, 0.29) is 48.5 Å². The topological polar surface area (TPSA) is 128 Å². The van der Waals surface area contributed by atoms with E-state index in [1.807, 2.05) is 0 Å². The van der Waals surface area contributed by atoms with Gasteiger partial charge in [0.2, 0.25) is 5.91 Å². The molecule has 0 unspecified atom stereocenters. The number of β-lactam (4-membered cyclic amide) rings is 1. The quantitative estimate of drug-likeness (QED) is 0.541. The van der Waals surface area contributed by atoms with Crippen LogP contribution < -0.4 is 10.6 Å². The maximum absolute atomic E-state index is 12.2. The molecule has 9 heteroatoms. The van der Waals surface area contributed by atoms with Gasteiger partial charge in [-0.3, -0.25) is 9.69 Å². The van der Waals surface area contributed by atoms with Gasteiger partial charge in [0.05, 0.1) is 6.04 Å². The second kappa shape index (κ2) is 6.58. The molecule has 2 amide bonds.